The highest BCUT2D eigenvalue weighted by molar-refractivity contribution is 5.87. The van der Waals surface area contributed by atoms with Gasteiger partial charge in [0.1, 0.15) is 5.78 Å². The maximum absolute atomic E-state index is 12.6. The molecule has 3 rings (SSSR count). The van der Waals surface area contributed by atoms with Gasteiger partial charge in [-0.25, -0.2) is 0 Å². The van der Waals surface area contributed by atoms with Crippen molar-refractivity contribution < 1.29 is 4.79 Å². The monoisotopic (exact) mass is 256 g/mol. The molecule has 4 atom stereocenters. The predicted molar refractivity (Wildman–Crippen MR) is 78.0 cm³/mol. The molecule has 19 heavy (non-hydrogen) atoms. The lowest BCUT2D eigenvalue weighted by Gasteiger charge is -2.30. The number of hydrogen-bond acceptors (Lipinski definition) is 1. The number of ketones is 1. The first kappa shape index (κ1) is 12.9. The molecule has 0 heterocycles. The molecule has 0 N–H and O–H groups in total. The van der Waals surface area contributed by atoms with Crippen LogP contribution in [0, 0.1) is 23.7 Å². The molecule has 1 aromatic carbocycles. The lowest BCUT2D eigenvalue weighted by molar-refractivity contribution is -0.126. The van der Waals surface area contributed by atoms with Crippen LogP contribution in [0.25, 0.3) is 0 Å². The molecule has 0 bridgehead atoms. The van der Waals surface area contributed by atoms with Crippen molar-refractivity contribution in [3.05, 3.63) is 35.9 Å². The Hall–Kier alpha value is -1.11. The number of carbonyl (C=O) groups excluding carboxylic acids is 1. The molecule has 102 valence electrons. The van der Waals surface area contributed by atoms with Crippen molar-refractivity contribution in [1.29, 1.82) is 0 Å². The van der Waals surface area contributed by atoms with Gasteiger partial charge in [0.25, 0.3) is 0 Å². The van der Waals surface area contributed by atoms with E-state index in [1.54, 1.807) is 0 Å². The Morgan fingerprint density at radius 1 is 0.947 bits per heavy atom. The molecule has 0 aliphatic heterocycles. The van der Waals surface area contributed by atoms with Crippen LogP contribution >= 0.6 is 0 Å². The van der Waals surface area contributed by atoms with Crippen LogP contribution in [0.4, 0.5) is 0 Å². The van der Waals surface area contributed by atoms with Crippen molar-refractivity contribution in [2.45, 2.75) is 45.4 Å². The summed E-state index contributed by atoms with van der Waals surface area (Å²) in [5, 5.41) is 0. The highest BCUT2D eigenvalue weighted by Crippen LogP contribution is 2.50. The molecular formula is C18H24O. The van der Waals surface area contributed by atoms with Crippen molar-refractivity contribution in [3.8, 4) is 0 Å². The average Bonchev–Trinajstić information content (AvgIpc) is 3.18. The summed E-state index contributed by atoms with van der Waals surface area (Å²) in [6.45, 7) is 4.61. The summed E-state index contributed by atoms with van der Waals surface area (Å²) < 4.78 is 0. The third-order valence-corrected chi connectivity index (χ3v) is 4.96. The normalized spacial score (nSPS) is 37.9. The second kappa shape index (κ2) is 5.11. The molecule has 0 radical (unpaired) electrons. The molecule has 2 aliphatic carbocycles. The number of hydrogen-bond donors (Lipinski definition) is 0. The second-order valence-electron chi connectivity index (χ2n) is 6.88. The molecule has 0 saturated heterocycles. The average molecular weight is 256 g/mol. The number of benzene rings is 1. The van der Waals surface area contributed by atoms with Gasteiger partial charge < -0.3 is 0 Å². The first-order chi connectivity index (χ1) is 9.15. The van der Waals surface area contributed by atoms with Crippen molar-refractivity contribution >= 4 is 5.78 Å². The summed E-state index contributed by atoms with van der Waals surface area (Å²) >= 11 is 0. The van der Waals surface area contributed by atoms with E-state index in [9.17, 15) is 4.79 Å². The van der Waals surface area contributed by atoms with E-state index in [0.717, 1.165) is 31.1 Å². The van der Waals surface area contributed by atoms with E-state index >= 15 is 0 Å². The Morgan fingerprint density at radius 3 is 2.21 bits per heavy atom. The lowest BCUT2D eigenvalue weighted by Crippen LogP contribution is -2.27. The topological polar surface area (TPSA) is 17.1 Å². The zero-order chi connectivity index (χ0) is 13.4. The van der Waals surface area contributed by atoms with Gasteiger partial charge in [-0.15, -0.1) is 0 Å². The van der Waals surface area contributed by atoms with Gasteiger partial charge in [-0.1, -0.05) is 44.2 Å². The zero-order valence-corrected chi connectivity index (χ0v) is 12.0. The van der Waals surface area contributed by atoms with E-state index in [0.29, 0.717) is 23.5 Å². The van der Waals surface area contributed by atoms with Crippen LogP contribution in [0.3, 0.4) is 0 Å². The minimum Gasteiger partial charge on any atom is -0.299 e. The van der Waals surface area contributed by atoms with E-state index in [-0.39, 0.29) is 0 Å². The second-order valence-corrected chi connectivity index (χ2v) is 6.88. The summed E-state index contributed by atoms with van der Waals surface area (Å²) in [6, 6.07) is 10.6. The summed E-state index contributed by atoms with van der Waals surface area (Å²) in [5.41, 5.74) is 1.36. The van der Waals surface area contributed by atoms with Crippen molar-refractivity contribution in [3.63, 3.8) is 0 Å². The minimum absolute atomic E-state index is 0.324. The summed E-state index contributed by atoms with van der Waals surface area (Å²) in [6.07, 6.45) is 4.64. The molecule has 4 unspecified atom stereocenters. The van der Waals surface area contributed by atoms with E-state index in [4.69, 9.17) is 0 Å². The highest BCUT2D eigenvalue weighted by Gasteiger charge is 2.46. The van der Waals surface area contributed by atoms with Crippen LogP contribution < -0.4 is 0 Å². The Balaban J connectivity index is 1.63. The smallest absolute Gasteiger partial charge is 0.139 e. The quantitative estimate of drug-likeness (QED) is 0.781. The van der Waals surface area contributed by atoms with Gasteiger partial charge in [0.05, 0.1) is 0 Å². The SMILES string of the molecule is CC1CC(C)CC(C(=O)C2CC2c2ccccc2)C1. The van der Waals surface area contributed by atoms with Crippen LogP contribution in [-0.2, 0) is 4.79 Å². The van der Waals surface area contributed by atoms with Crippen molar-refractivity contribution in [2.24, 2.45) is 23.7 Å². The van der Waals surface area contributed by atoms with Gasteiger partial charge in [0.15, 0.2) is 0 Å². The fourth-order valence-electron chi connectivity index (χ4n) is 4.06. The summed E-state index contributed by atoms with van der Waals surface area (Å²) in [7, 11) is 0. The van der Waals surface area contributed by atoms with Gasteiger partial charge >= 0.3 is 0 Å². The number of Topliss-reactive ketones (excluding diaryl/α,β-unsaturated/α-hetero) is 1. The number of rotatable bonds is 3. The van der Waals surface area contributed by atoms with Crippen LogP contribution in [-0.4, -0.2) is 5.78 Å². The minimum atomic E-state index is 0.324. The maximum Gasteiger partial charge on any atom is 0.139 e. The molecule has 1 heteroatoms. The van der Waals surface area contributed by atoms with E-state index < -0.39 is 0 Å². The standard InChI is InChI=1S/C18H24O/c1-12-8-13(2)10-15(9-12)18(19)17-11-16(17)14-6-4-3-5-7-14/h3-7,12-13,15-17H,8-11H2,1-2H3. The van der Waals surface area contributed by atoms with E-state index in [1.165, 1.54) is 12.0 Å². The highest BCUT2D eigenvalue weighted by atomic mass is 16.1. The molecule has 1 aromatic rings. The zero-order valence-electron chi connectivity index (χ0n) is 12.0. The molecule has 0 spiro atoms. The van der Waals surface area contributed by atoms with Crippen molar-refractivity contribution in [1.82, 2.24) is 0 Å². The molecule has 2 fully saturated rings. The fraction of sp³-hybridized carbons (Fsp3) is 0.611. The van der Waals surface area contributed by atoms with Crippen LogP contribution in [0.15, 0.2) is 30.3 Å². The van der Waals surface area contributed by atoms with Gasteiger partial charge in [-0.2, -0.15) is 0 Å². The molecule has 0 amide bonds. The Morgan fingerprint density at radius 2 is 1.58 bits per heavy atom. The van der Waals surface area contributed by atoms with Gasteiger partial charge in [-0.3, -0.25) is 4.79 Å². The Kier molecular flexibility index (Phi) is 3.47. The van der Waals surface area contributed by atoms with Crippen LogP contribution in [0.1, 0.15) is 51.0 Å². The van der Waals surface area contributed by atoms with E-state index in [2.05, 4.69) is 38.1 Å². The molecule has 2 saturated carbocycles. The fourth-order valence-corrected chi connectivity index (χ4v) is 4.06. The first-order valence-electron chi connectivity index (χ1n) is 7.73. The molecule has 2 aliphatic rings. The Bertz CT molecular complexity index is 440. The van der Waals surface area contributed by atoms with Gasteiger partial charge in [-0.05, 0) is 49.0 Å². The maximum atomic E-state index is 12.6. The molecular weight excluding hydrogens is 232 g/mol. The lowest BCUT2D eigenvalue weighted by atomic mass is 9.74. The first-order valence-corrected chi connectivity index (χ1v) is 7.73. The van der Waals surface area contributed by atoms with Crippen LogP contribution in [0.5, 0.6) is 0 Å². The molecule has 1 nitrogen and oxygen atoms in total. The van der Waals surface area contributed by atoms with Crippen LogP contribution in [0.2, 0.25) is 0 Å². The predicted octanol–water partition coefficient (Wildman–Crippen LogP) is 4.43. The third kappa shape index (κ3) is 2.75. The Labute approximate surface area is 116 Å². The van der Waals surface area contributed by atoms with Gasteiger partial charge in [0, 0.05) is 11.8 Å². The van der Waals surface area contributed by atoms with E-state index in [1.807, 2.05) is 6.07 Å². The largest absolute Gasteiger partial charge is 0.299 e. The molecule has 0 aromatic heterocycles. The summed E-state index contributed by atoms with van der Waals surface area (Å²) in [5.74, 6) is 3.20. The van der Waals surface area contributed by atoms with Crippen molar-refractivity contribution in [2.75, 3.05) is 0 Å². The number of carbonyl (C=O) groups is 1. The van der Waals surface area contributed by atoms with Gasteiger partial charge in [0.2, 0.25) is 0 Å². The summed E-state index contributed by atoms with van der Waals surface area (Å²) in [4.78, 5) is 12.6. The third-order valence-electron chi connectivity index (χ3n) is 4.96.